The standard InChI is InChI=1S/C40H64O4/c1-6-7-8-9-10-11-12-15-38(43)40(25-26-40)24-22-34(44-5)19-16-29(2)35-20-21-36-31(14-13-23-39(35,36)4)17-18-32-27-33(41)28-37(42)30(32)3/h16-19,29,33-37,41-42H,3,6-15,20-28H2,1-2,4-5H3/b19-16+,31-17+,32-18-/t29-,33-,34-,35-,36+,37+,39-/m1/s1. The number of rotatable bonds is 17. The van der Waals surface area contributed by atoms with Crippen LogP contribution in [0, 0.1) is 28.6 Å². The molecule has 0 spiro atoms. The van der Waals surface area contributed by atoms with E-state index < -0.39 is 12.2 Å². The lowest BCUT2D eigenvalue weighted by atomic mass is 9.61. The molecule has 0 radical (unpaired) electrons. The van der Waals surface area contributed by atoms with Gasteiger partial charge in [0.05, 0.1) is 18.3 Å². The number of hydrogen-bond donors (Lipinski definition) is 2. The van der Waals surface area contributed by atoms with Crippen LogP contribution in [0.3, 0.4) is 0 Å². The summed E-state index contributed by atoms with van der Waals surface area (Å²) in [5.41, 5.74) is 3.55. The molecule has 4 nitrogen and oxygen atoms in total. The van der Waals surface area contributed by atoms with Gasteiger partial charge in [0.15, 0.2) is 0 Å². The van der Waals surface area contributed by atoms with Crippen LogP contribution in [-0.4, -0.2) is 41.4 Å². The van der Waals surface area contributed by atoms with Gasteiger partial charge in [-0.05, 0) is 105 Å². The van der Waals surface area contributed by atoms with Crippen molar-refractivity contribution in [3.8, 4) is 0 Å². The molecule has 0 amide bonds. The van der Waals surface area contributed by atoms with Crippen molar-refractivity contribution in [1.29, 1.82) is 0 Å². The normalized spacial score (nSPS) is 33.2. The summed E-state index contributed by atoms with van der Waals surface area (Å²) in [5, 5.41) is 20.4. The molecular formula is C40H64O4. The molecule has 4 aliphatic rings. The van der Waals surface area contributed by atoms with Crippen molar-refractivity contribution < 1.29 is 19.7 Å². The second-order valence-electron chi connectivity index (χ2n) is 15.3. The monoisotopic (exact) mass is 608 g/mol. The van der Waals surface area contributed by atoms with Crippen LogP contribution in [0.25, 0.3) is 0 Å². The number of carbonyl (C=O) groups is 1. The molecule has 0 aromatic carbocycles. The Hall–Kier alpha value is -1.49. The number of ether oxygens (including phenoxy) is 1. The summed E-state index contributed by atoms with van der Waals surface area (Å²) >= 11 is 0. The highest BCUT2D eigenvalue weighted by molar-refractivity contribution is 5.87. The van der Waals surface area contributed by atoms with E-state index in [0.29, 0.717) is 36.4 Å². The first kappa shape index (κ1) is 35.4. The Bertz CT molecular complexity index is 1050. The van der Waals surface area contributed by atoms with Crippen LogP contribution in [0.1, 0.15) is 143 Å². The van der Waals surface area contributed by atoms with Crippen LogP contribution in [0.2, 0.25) is 0 Å². The molecule has 4 rings (SSSR count). The van der Waals surface area contributed by atoms with Crippen LogP contribution < -0.4 is 0 Å². The largest absolute Gasteiger partial charge is 0.393 e. The maximum absolute atomic E-state index is 13.1. The number of aliphatic hydroxyl groups is 2. The number of fused-ring (bicyclic) bond motifs is 1. The zero-order valence-electron chi connectivity index (χ0n) is 28.6. The lowest BCUT2D eigenvalue weighted by molar-refractivity contribution is -0.124. The summed E-state index contributed by atoms with van der Waals surface area (Å²) < 4.78 is 5.92. The SMILES string of the molecule is C=C1/C(=C\C=C2/CCC[C@]3(C)[C@@H]([C@H](C)/C=C/[C@H](CCC4(C(=O)CCCCCCCCC)CC4)OC)CC[C@@H]23)C[C@@H](O)C[C@@H]1O. The fraction of sp³-hybridized carbons (Fsp3) is 0.775. The number of aliphatic hydroxyl groups excluding tert-OH is 2. The predicted molar refractivity (Wildman–Crippen MR) is 182 cm³/mol. The van der Waals surface area contributed by atoms with Gasteiger partial charge in [-0.2, -0.15) is 0 Å². The highest BCUT2D eigenvalue weighted by Crippen LogP contribution is 2.59. The minimum absolute atomic E-state index is 0.0507. The summed E-state index contributed by atoms with van der Waals surface area (Å²) in [4.78, 5) is 13.1. The molecule has 0 saturated heterocycles. The Morgan fingerprint density at radius 2 is 1.77 bits per heavy atom. The van der Waals surface area contributed by atoms with Gasteiger partial charge in [0.1, 0.15) is 5.78 Å². The van der Waals surface area contributed by atoms with Gasteiger partial charge < -0.3 is 14.9 Å². The second kappa shape index (κ2) is 16.4. The Morgan fingerprint density at radius 1 is 1.05 bits per heavy atom. The molecule has 4 heteroatoms. The van der Waals surface area contributed by atoms with Crippen molar-refractivity contribution in [2.45, 2.75) is 161 Å². The third kappa shape index (κ3) is 8.85. The fourth-order valence-electron chi connectivity index (χ4n) is 9.08. The summed E-state index contributed by atoms with van der Waals surface area (Å²) in [6.45, 7) is 11.3. The summed E-state index contributed by atoms with van der Waals surface area (Å²) in [6, 6.07) is 0. The quantitative estimate of drug-likeness (QED) is 0.127. The maximum atomic E-state index is 13.1. The summed E-state index contributed by atoms with van der Waals surface area (Å²) in [7, 11) is 1.82. The van der Waals surface area contributed by atoms with Gasteiger partial charge in [-0.25, -0.2) is 0 Å². The molecule has 4 saturated carbocycles. The lowest BCUT2D eigenvalue weighted by Gasteiger charge is -2.44. The predicted octanol–water partition coefficient (Wildman–Crippen LogP) is 9.60. The van der Waals surface area contributed by atoms with E-state index in [0.717, 1.165) is 56.1 Å². The van der Waals surface area contributed by atoms with Gasteiger partial charge in [0.25, 0.3) is 0 Å². The highest BCUT2D eigenvalue weighted by Gasteiger charge is 2.50. The molecule has 0 heterocycles. The molecule has 4 fully saturated rings. The fourth-order valence-corrected chi connectivity index (χ4v) is 9.08. The molecule has 0 unspecified atom stereocenters. The first-order valence-electron chi connectivity index (χ1n) is 18.3. The Kier molecular flexibility index (Phi) is 13.2. The van der Waals surface area contributed by atoms with Gasteiger partial charge in [0.2, 0.25) is 0 Å². The molecular weight excluding hydrogens is 544 g/mol. The van der Waals surface area contributed by atoms with Gasteiger partial charge in [-0.15, -0.1) is 0 Å². The Labute approximate surface area is 269 Å². The average Bonchev–Trinajstić information content (AvgIpc) is 3.71. The van der Waals surface area contributed by atoms with Crippen LogP contribution in [0.5, 0.6) is 0 Å². The van der Waals surface area contributed by atoms with Crippen LogP contribution in [0.4, 0.5) is 0 Å². The molecule has 0 aromatic heterocycles. The first-order chi connectivity index (χ1) is 21.1. The minimum atomic E-state index is -0.635. The number of methoxy groups -OCH3 is 1. The average molecular weight is 609 g/mol. The Morgan fingerprint density at radius 3 is 2.48 bits per heavy atom. The van der Waals surface area contributed by atoms with Gasteiger partial charge >= 0.3 is 0 Å². The summed E-state index contributed by atoms with van der Waals surface area (Å²) in [5.74, 6) is 2.23. The first-order valence-corrected chi connectivity index (χ1v) is 18.3. The number of unbranched alkanes of at least 4 members (excludes halogenated alkanes) is 6. The third-order valence-corrected chi connectivity index (χ3v) is 12.2. The van der Waals surface area contributed by atoms with Crippen molar-refractivity contribution in [2.24, 2.45) is 28.6 Å². The van der Waals surface area contributed by atoms with E-state index in [1.807, 2.05) is 7.11 Å². The highest BCUT2D eigenvalue weighted by atomic mass is 16.5. The molecule has 0 bridgehead atoms. The van der Waals surface area contributed by atoms with E-state index in [4.69, 9.17) is 4.74 Å². The third-order valence-electron chi connectivity index (χ3n) is 12.2. The lowest BCUT2D eigenvalue weighted by Crippen LogP contribution is -2.35. The van der Waals surface area contributed by atoms with Crippen molar-refractivity contribution in [3.05, 3.63) is 47.6 Å². The van der Waals surface area contributed by atoms with E-state index in [1.54, 1.807) is 0 Å². The molecule has 0 aromatic rings. The van der Waals surface area contributed by atoms with Gasteiger partial charge in [-0.3, -0.25) is 4.79 Å². The second-order valence-corrected chi connectivity index (χ2v) is 15.3. The number of Topliss-reactive ketones (excluding diaryl/α,β-unsaturated/α-hetero) is 1. The molecule has 44 heavy (non-hydrogen) atoms. The number of hydrogen-bond acceptors (Lipinski definition) is 4. The van der Waals surface area contributed by atoms with E-state index in [2.05, 4.69) is 51.7 Å². The van der Waals surface area contributed by atoms with E-state index >= 15 is 0 Å². The van der Waals surface area contributed by atoms with Crippen LogP contribution in [0.15, 0.2) is 47.6 Å². The molecule has 248 valence electrons. The number of carbonyl (C=O) groups excluding carboxylic acids is 1. The zero-order chi connectivity index (χ0) is 31.7. The van der Waals surface area contributed by atoms with Gasteiger partial charge in [-0.1, -0.05) is 95.8 Å². The van der Waals surface area contributed by atoms with Gasteiger partial charge in [0, 0.05) is 25.4 Å². The van der Waals surface area contributed by atoms with E-state index in [9.17, 15) is 15.0 Å². The van der Waals surface area contributed by atoms with Crippen molar-refractivity contribution in [2.75, 3.05) is 7.11 Å². The molecule has 0 aliphatic heterocycles. The van der Waals surface area contributed by atoms with Crippen LogP contribution >= 0.6 is 0 Å². The molecule has 4 aliphatic carbocycles. The topological polar surface area (TPSA) is 66.8 Å². The van der Waals surface area contributed by atoms with Crippen molar-refractivity contribution >= 4 is 5.78 Å². The van der Waals surface area contributed by atoms with Crippen LogP contribution in [-0.2, 0) is 9.53 Å². The van der Waals surface area contributed by atoms with E-state index in [-0.39, 0.29) is 16.9 Å². The summed E-state index contributed by atoms with van der Waals surface area (Å²) in [6.07, 6.45) is 28.8. The van der Waals surface area contributed by atoms with Crippen molar-refractivity contribution in [1.82, 2.24) is 0 Å². The minimum Gasteiger partial charge on any atom is -0.393 e. The van der Waals surface area contributed by atoms with Crippen molar-refractivity contribution in [3.63, 3.8) is 0 Å². The molecule has 7 atom stereocenters. The maximum Gasteiger partial charge on any atom is 0.139 e. The Balaban J connectivity index is 1.28. The number of ketones is 1. The zero-order valence-corrected chi connectivity index (χ0v) is 28.6. The number of allylic oxidation sites excluding steroid dienone is 4. The smallest absolute Gasteiger partial charge is 0.139 e. The molecule has 2 N–H and O–H groups in total. The van der Waals surface area contributed by atoms with E-state index in [1.165, 1.54) is 69.8 Å².